The molecule has 0 aliphatic heterocycles. The van der Waals surface area contributed by atoms with Crippen LogP contribution < -0.4 is 11.2 Å². The van der Waals surface area contributed by atoms with Gasteiger partial charge in [-0.25, -0.2) is 9.18 Å². The summed E-state index contributed by atoms with van der Waals surface area (Å²) in [6.07, 6.45) is 1.24. The smallest absolute Gasteiger partial charge is 0.314 e. The average molecular weight is 158 g/mol. The van der Waals surface area contributed by atoms with Crippen LogP contribution in [0.25, 0.3) is 0 Å². The van der Waals surface area contributed by atoms with E-state index in [9.17, 15) is 14.0 Å². The summed E-state index contributed by atoms with van der Waals surface area (Å²) in [4.78, 5) is 23.8. The minimum absolute atomic E-state index is 0.186. The van der Waals surface area contributed by atoms with E-state index in [1.54, 1.807) is 0 Å². The van der Waals surface area contributed by atoms with Gasteiger partial charge in [-0.3, -0.25) is 9.36 Å². The van der Waals surface area contributed by atoms with Gasteiger partial charge < -0.3 is 4.98 Å². The maximum atomic E-state index is 11.7. The first-order chi connectivity index (χ1) is 5.25. The molecule has 0 radical (unpaired) electrons. The van der Waals surface area contributed by atoms with Crippen molar-refractivity contribution in [3.63, 3.8) is 0 Å². The van der Waals surface area contributed by atoms with Crippen molar-refractivity contribution in [2.75, 3.05) is 6.67 Å². The summed E-state index contributed by atoms with van der Waals surface area (Å²) in [6, 6.07) is 1.18. The summed E-state index contributed by atoms with van der Waals surface area (Å²) < 4.78 is 12.5. The molecule has 0 bridgehead atoms. The number of rotatable bonds is 2. The van der Waals surface area contributed by atoms with Gasteiger partial charge >= 0.3 is 5.69 Å². The van der Waals surface area contributed by atoms with Gasteiger partial charge in [0.1, 0.15) is 6.67 Å². The molecular weight excluding hydrogens is 151 g/mol. The van der Waals surface area contributed by atoms with E-state index in [4.69, 9.17) is 0 Å². The number of nitrogens with one attached hydrogen (secondary N) is 1. The lowest BCUT2D eigenvalue weighted by molar-refractivity contribution is 0.432. The van der Waals surface area contributed by atoms with Crippen LogP contribution in [0.2, 0.25) is 0 Å². The molecule has 0 aliphatic rings. The van der Waals surface area contributed by atoms with Crippen molar-refractivity contribution in [3.8, 4) is 0 Å². The van der Waals surface area contributed by atoms with Gasteiger partial charge in [0.25, 0.3) is 5.56 Å². The Morgan fingerprint density at radius 3 is 2.82 bits per heavy atom. The fraction of sp³-hybridized carbons (Fsp3) is 0.333. The molecular formula is C6H7FN2O2. The number of hydrogen-bond donors (Lipinski definition) is 1. The van der Waals surface area contributed by atoms with Crippen molar-refractivity contribution in [2.45, 2.75) is 6.54 Å². The molecule has 1 aromatic rings. The van der Waals surface area contributed by atoms with Crippen LogP contribution in [-0.2, 0) is 6.54 Å². The van der Waals surface area contributed by atoms with Crippen molar-refractivity contribution in [1.82, 2.24) is 9.55 Å². The second kappa shape index (κ2) is 3.14. The molecule has 0 atom stereocenters. The molecule has 60 valence electrons. The van der Waals surface area contributed by atoms with Gasteiger partial charge in [0.15, 0.2) is 0 Å². The van der Waals surface area contributed by atoms with E-state index in [1.165, 1.54) is 12.3 Å². The maximum Gasteiger partial charge on any atom is 0.328 e. The van der Waals surface area contributed by atoms with Crippen molar-refractivity contribution >= 4 is 0 Å². The lowest BCUT2D eigenvalue weighted by Crippen LogP contribution is -2.34. The first-order valence-electron chi connectivity index (χ1n) is 3.10. The molecule has 11 heavy (non-hydrogen) atoms. The first kappa shape index (κ1) is 7.71. The summed E-state index contributed by atoms with van der Waals surface area (Å²) >= 11 is 0. The Bertz CT molecular complexity index is 313. The molecule has 1 aromatic heterocycles. The molecule has 0 aliphatic carbocycles. The van der Waals surface area contributed by atoms with Crippen LogP contribution in [0.15, 0.2) is 21.9 Å². The molecule has 0 fully saturated rings. The number of H-pyrrole nitrogens is 1. The summed E-state index contributed by atoms with van der Waals surface area (Å²) in [7, 11) is 0. The van der Waals surface area contributed by atoms with Crippen molar-refractivity contribution in [3.05, 3.63) is 33.1 Å². The third-order valence-corrected chi connectivity index (χ3v) is 1.25. The Kier molecular flexibility index (Phi) is 2.20. The summed E-state index contributed by atoms with van der Waals surface area (Å²) in [5, 5.41) is 0. The highest BCUT2D eigenvalue weighted by Gasteiger charge is 1.97. The van der Waals surface area contributed by atoms with Crippen LogP contribution in [0.3, 0.4) is 0 Å². The van der Waals surface area contributed by atoms with Gasteiger partial charge in [-0.1, -0.05) is 0 Å². The molecule has 0 unspecified atom stereocenters. The van der Waals surface area contributed by atoms with E-state index in [-0.39, 0.29) is 6.54 Å². The summed E-state index contributed by atoms with van der Waals surface area (Å²) in [5.74, 6) is 0. The number of alkyl halides is 1. The quantitative estimate of drug-likeness (QED) is 0.631. The molecule has 1 N–H and O–H groups in total. The van der Waals surface area contributed by atoms with Gasteiger partial charge in [-0.15, -0.1) is 0 Å². The Balaban J connectivity index is 3.22. The van der Waals surface area contributed by atoms with Gasteiger partial charge in [0, 0.05) is 12.3 Å². The zero-order valence-electron chi connectivity index (χ0n) is 5.71. The van der Waals surface area contributed by atoms with Crippen LogP contribution in [0.5, 0.6) is 0 Å². The van der Waals surface area contributed by atoms with Gasteiger partial charge in [0.2, 0.25) is 0 Å². The number of nitrogens with zero attached hydrogens (tertiary/aromatic N) is 1. The molecule has 1 rings (SSSR count). The highest BCUT2D eigenvalue weighted by molar-refractivity contribution is 4.82. The highest BCUT2D eigenvalue weighted by Crippen LogP contribution is 1.72. The van der Waals surface area contributed by atoms with Crippen molar-refractivity contribution < 1.29 is 4.39 Å². The lowest BCUT2D eigenvalue weighted by Gasteiger charge is -1.96. The first-order valence-corrected chi connectivity index (χ1v) is 3.10. The van der Waals surface area contributed by atoms with Crippen LogP contribution >= 0.6 is 0 Å². The van der Waals surface area contributed by atoms with Gasteiger partial charge in [-0.05, 0) is 0 Å². The number of aromatic nitrogens is 2. The fourth-order valence-electron chi connectivity index (χ4n) is 0.748. The minimum atomic E-state index is -0.715. The Morgan fingerprint density at radius 2 is 2.27 bits per heavy atom. The molecule has 0 saturated carbocycles. The zero-order chi connectivity index (χ0) is 8.27. The summed E-state index contributed by atoms with van der Waals surface area (Å²) in [6.45, 7) is -0.901. The maximum absolute atomic E-state index is 11.7. The van der Waals surface area contributed by atoms with Crippen LogP contribution in [0.4, 0.5) is 4.39 Å². The fourth-order valence-corrected chi connectivity index (χ4v) is 0.748. The van der Waals surface area contributed by atoms with E-state index in [0.717, 1.165) is 4.57 Å². The second-order valence-corrected chi connectivity index (χ2v) is 1.96. The van der Waals surface area contributed by atoms with Crippen LogP contribution in [0, 0.1) is 0 Å². The van der Waals surface area contributed by atoms with Crippen LogP contribution in [-0.4, -0.2) is 16.2 Å². The monoisotopic (exact) mass is 158 g/mol. The van der Waals surface area contributed by atoms with Crippen molar-refractivity contribution in [1.29, 1.82) is 0 Å². The topological polar surface area (TPSA) is 54.9 Å². The second-order valence-electron chi connectivity index (χ2n) is 1.96. The molecule has 5 heteroatoms. The third kappa shape index (κ3) is 1.54. The SMILES string of the molecule is O=c1cc[nH]c(=O)n1CCF. The van der Waals surface area contributed by atoms with Crippen molar-refractivity contribution in [2.24, 2.45) is 0 Å². The predicted octanol–water partition coefficient (Wildman–Crippen LogP) is -0.494. The Hall–Kier alpha value is -1.39. The zero-order valence-corrected chi connectivity index (χ0v) is 5.71. The van der Waals surface area contributed by atoms with E-state index in [1.807, 2.05) is 0 Å². The van der Waals surface area contributed by atoms with E-state index in [2.05, 4.69) is 4.98 Å². The third-order valence-electron chi connectivity index (χ3n) is 1.25. The average Bonchev–Trinajstić information content (AvgIpc) is 1.97. The number of halogens is 1. The number of aromatic amines is 1. The molecule has 0 aromatic carbocycles. The lowest BCUT2D eigenvalue weighted by atomic mass is 10.6. The number of hydrogen-bond acceptors (Lipinski definition) is 2. The molecule has 0 spiro atoms. The predicted molar refractivity (Wildman–Crippen MR) is 37.3 cm³/mol. The van der Waals surface area contributed by atoms with E-state index in [0.29, 0.717) is 0 Å². The molecule has 4 nitrogen and oxygen atoms in total. The van der Waals surface area contributed by atoms with Crippen LogP contribution in [0.1, 0.15) is 0 Å². The Labute approximate surface area is 61.3 Å². The standard InChI is InChI=1S/C6H7FN2O2/c7-2-4-9-5(10)1-3-8-6(9)11/h1,3H,2,4H2,(H,8,11). The molecule has 0 amide bonds. The molecule has 1 heterocycles. The molecule has 0 saturated heterocycles. The minimum Gasteiger partial charge on any atom is -0.314 e. The van der Waals surface area contributed by atoms with E-state index < -0.39 is 17.9 Å². The Morgan fingerprint density at radius 1 is 1.55 bits per heavy atom. The summed E-state index contributed by atoms with van der Waals surface area (Å²) in [5.41, 5.74) is -1.05. The van der Waals surface area contributed by atoms with Gasteiger partial charge in [-0.2, -0.15) is 0 Å². The highest BCUT2D eigenvalue weighted by atomic mass is 19.1. The normalized spacial score (nSPS) is 9.91. The van der Waals surface area contributed by atoms with E-state index >= 15 is 0 Å². The van der Waals surface area contributed by atoms with Gasteiger partial charge in [0.05, 0.1) is 6.54 Å². The largest absolute Gasteiger partial charge is 0.328 e.